The van der Waals surface area contributed by atoms with Crippen LogP contribution in [0.4, 0.5) is 0 Å². The van der Waals surface area contributed by atoms with Crippen molar-refractivity contribution in [2.75, 3.05) is 13.9 Å². The molecule has 134 valence electrons. The second-order valence-electron chi connectivity index (χ2n) is 5.62. The van der Waals surface area contributed by atoms with E-state index in [4.69, 9.17) is 18.9 Å². The van der Waals surface area contributed by atoms with Crippen LogP contribution >= 0.6 is 0 Å². The Kier molecular flexibility index (Phi) is 5.22. The molecule has 0 radical (unpaired) electrons. The molecule has 6 heteroatoms. The van der Waals surface area contributed by atoms with Crippen molar-refractivity contribution in [2.45, 2.75) is 13.0 Å². The fraction of sp³-hybridized carbons (Fsp3) is 0.200. The van der Waals surface area contributed by atoms with Crippen molar-refractivity contribution in [2.24, 2.45) is 0 Å². The van der Waals surface area contributed by atoms with Gasteiger partial charge in [-0.3, -0.25) is 4.79 Å². The fourth-order valence-corrected chi connectivity index (χ4v) is 2.44. The summed E-state index contributed by atoms with van der Waals surface area (Å²) < 4.78 is 20.7. The minimum absolute atomic E-state index is 0.190. The first-order valence-corrected chi connectivity index (χ1v) is 8.03. The zero-order valence-electron chi connectivity index (χ0n) is 14.4. The zero-order valence-corrected chi connectivity index (χ0v) is 14.4. The van der Waals surface area contributed by atoms with E-state index < -0.39 is 12.1 Å². The third-order valence-electron chi connectivity index (χ3n) is 3.85. The molecule has 0 aliphatic carbocycles. The van der Waals surface area contributed by atoms with Crippen molar-refractivity contribution < 1.29 is 28.5 Å². The number of benzene rings is 2. The van der Waals surface area contributed by atoms with Gasteiger partial charge in [-0.15, -0.1) is 0 Å². The summed E-state index contributed by atoms with van der Waals surface area (Å²) in [4.78, 5) is 24.3. The molecule has 0 amide bonds. The van der Waals surface area contributed by atoms with Gasteiger partial charge in [0.2, 0.25) is 12.6 Å². The largest absolute Gasteiger partial charge is 0.497 e. The molecule has 0 fully saturated rings. The number of carbonyl (C=O) groups excluding carboxylic acids is 2. The number of methoxy groups -OCH3 is 1. The zero-order chi connectivity index (χ0) is 18.5. The Bertz CT molecular complexity index is 838. The predicted octanol–water partition coefficient (Wildman–Crippen LogP) is 3.25. The quantitative estimate of drug-likeness (QED) is 0.450. The van der Waals surface area contributed by atoms with Gasteiger partial charge in [0.15, 0.2) is 17.6 Å². The Morgan fingerprint density at radius 1 is 1.08 bits per heavy atom. The molecule has 0 N–H and O–H groups in total. The van der Waals surface area contributed by atoms with Gasteiger partial charge in [0.25, 0.3) is 0 Å². The Morgan fingerprint density at radius 2 is 1.81 bits per heavy atom. The molecule has 2 aromatic rings. The average molecular weight is 354 g/mol. The monoisotopic (exact) mass is 354 g/mol. The highest BCUT2D eigenvalue weighted by Crippen LogP contribution is 2.32. The summed E-state index contributed by atoms with van der Waals surface area (Å²) in [5, 5.41) is 0. The normalized spacial score (nSPS) is 13.5. The maximum atomic E-state index is 12.3. The number of rotatable bonds is 6. The lowest BCUT2D eigenvalue weighted by molar-refractivity contribution is -0.140. The van der Waals surface area contributed by atoms with Crippen LogP contribution in [0.5, 0.6) is 17.2 Å². The first-order chi connectivity index (χ1) is 12.6. The lowest BCUT2D eigenvalue weighted by atomic mass is 10.1. The molecule has 0 unspecified atom stereocenters. The SMILES string of the molecule is COc1ccc(C(=O)[C@H](C)OC(=O)/C=C/c2ccc3c(c2)OCO3)cc1. The summed E-state index contributed by atoms with van der Waals surface area (Å²) in [6.07, 6.45) is 1.97. The van der Waals surface area contributed by atoms with E-state index in [0.717, 1.165) is 5.56 Å². The third kappa shape index (κ3) is 4.03. The molecule has 1 atom stereocenters. The van der Waals surface area contributed by atoms with Crippen molar-refractivity contribution in [1.82, 2.24) is 0 Å². The van der Waals surface area contributed by atoms with E-state index in [1.807, 2.05) is 0 Å². The Morgan fingerprint density at radius 3 is 2.54 bits per heavy atom. The second-order valence-corrected chi connectivity index (χ2v) is 5.62. The summed E-state index contributed by atoms with van der Waals surface area (Å²) in [6.45, 7) is 1.73. The van der Waals surface area contributed by atoms with Crippen LogP contribution in [0.3, 0.4) is 0 Å². The van der Waals surface area contributed by atoms with Crippen molar-refractivity contribution in [3.05, 3.63) is 59.7 Å². The molecule has 1 aliphatic rings. The molecule has 0 spiro atoms. The summed E-state index contributed by atoms with van der Waals surface area (Å²) in [5.74, 6) is 1.07. The summed E-state index contributed by atoms with van der Waals surface area (Å²) in [5.41, 5.74) is 1.21. The average Bonchev–Trinajstić information content (AvgIpc) is 3.13. The van der Waals surface area contributed by atoms with E-state index in [1.54, 1.807) is 62.6 Å². The topological polar surface area (TPSA) is 71.1 Å². The fourth-order valence-electron chi connectivity index (χ4n) is 2.44. The Hall–Kier alpha value is -3.28. The van der Waals surface area contributed by atoms with Gasteiger partial charge in [-0.1, -0.05) is 6.07 Å². The molecule has 3 rings (SSSR count). The molecule has 0 bridgehead atoms. The van der Waals surface area contributed by atoms with Crippen LogP contribution in [-0.4, -0.2) is 31.8 Å². The van der Waals surface area contributed by atoms with E-state index in [-0.39, 0.29) is 12.6 Å². The molecule has 0 saturated heterocycles. The van der Waals surface area contributed by atoms with E-state index in [0.29, 0.717) is 22.8 Å². The highest BCUT2D eigenvalue weighted by Gasteiger charge is 2.18. The van der Waals surface area contributed by atoms with Crippen LogP contribution in [-0.2, 0) is 9.53 Å². The first-order valence-electron chi connectivity index (χ1n) is 8.03. The van der Waals surface area contributed by atoms with Gasteiger partial charge in [0.05, 0.1) is 7.11 Å². The van der Waals surface area contributed by atoms with Crippen LogP contribution in [0.2, 0.25) is 0 Å². The molecule has 1 aliphatic heterocycles. The third-order valence-corrected chi connectivity index (χ3v) is 3.85. The lowest BCUT2D eigenvalue weighted by Crippen LogP contribution is -2.23. The number of hydrogen-bond acceptors (Lipinski definition) is 6. The summed E-state index contributed by atoms with van der Waals surface area (Å²) in [7, 11) is 1.55. The Balaban J connectivity index is 1.58. The van der Waals surface area contributed by atoms with Crippen LogP contribution in [0.15, 0.2) is 48.5 Å². The molecule has 6 nitrogen and oxygen atoms in total. The molecule has 0 saturated carbocycles. The second kappa shape index (κ2) is 7.74. The van der Waals surface area contributed by atoms with Gasteiger partial charge in [0, 0.05) is 11.6 Å². The number of fused-ring (bicyclic) bond motifs is 1. The number of esters is 1. The van der Waals surface area contributed by atoms with Gasteiger partial charge >= 0.3 is 5.97 Å². The van der Waals surface area contributed by atoms with Crippen molar-refractivity contribution in [3.8, 4) is 17.2 Å². The molecule has 1 heterocycles. The molecular weight excluding hydrogens is 336 g/mol. The van der Waals surface area contributed by atoms with E-state index >= 15 is 0 Å². The van der Waals surface area contributed by atoms with Gasteiger partial charge < -0.3 is 18.9 Å². The molecule has 0 aromatic heterocycles. The predicted molar refractivity (Wildman–Crippen MR) is 94.5 cm³/mol. The van der Waals surface area contributed by atoms with E-state index in [1.165, 1.54) is 6.08 Å². The lowest BCUT2D eigenvalue weighted by Gasteiger charge is -2.11. The van der Waals surface area contributed by atoms with Crippen LogP contribution < -0.4 is 14.2 Å². The van der Waals surface area contributed by atoms with Gasteiger partial charge in [-0.05, 0) is 55.0 Å². The van der Waals surface area contributed by atoms with Crippen LogP contribution in [0.1, 0.15) is 22.8 Å². The minimum Gasteiger partial charge on any atom is -0.497 e. The van der Waals surface area contributed by atoms with Crippen molar-refractivity contribution in [3.63, 3.8) is 0 Å². The highest BCUT2D eigenvalue weighted by molar-refractivity contribution is 6.01. The number of hydrogen-bond donors (Lipinski definition) is 0. The number of carbonyl (C=O) groups is 2. The van der Waals surface area contributed by atoms with Gasteiger partial charge in [-0.2, -0.15) is 0 Å². The van der Waals surface area contributed by atoms with Gasteiger partial charge in [0.1, 0.15) is 5.75 Å². The standard InChI is InChI=1S/C20H18O6/c1-13(20(22)15-5-7-16(23-2)8-6-15)26-19(21)10-4-14-3-9-17-18(11-14)25-12-24-17/h3-11,13H,12H2,1-2H3/b10-4+/t13-/m0/s1. The van der Waals surface area contributed by atoms with Crippen LogP contribution in [0.25, 0.3) is 6.08 Å². The Labute approximate surface area is 150 Å². The maximum Gasteiger partial charge on any atom is 0.331 e. The van der Waals surface area contributed by atoms with Crippen molar-refractivity contribution in [1.29, 1.82) is 0 Å². The summed E-state index contributed by atoms with van der Waals surface area (Å²) >= 11 is 0. The molecule has 2 aromatic carbocycles. The molecular formula is C20H18O6. The number of ether oxygens (including phenoxy) is 4. The minimum atomic E-state index is -0.891. The maximum absolute atomic E-state index is 12.3. The number of ketones is 1. The highest BCUT2D eigenvalue weighted by atomic mass is 16.7. The number of Topliss-reactive ketones (excluding diaryl/α,β-unsaturated/α-hetero) is 1. The van der Waals surface area contributed by atoms with E-state index in [2.05, 4.69) is 0 Å². The first kappa shape index (κ1) is 17.5. The van der Waals surface area contributed by atoms with E-state index in [9.17, 15) is 9.59 Å². The van der Waals surface area contributed by atoms with Gasteiger partial charge in [-0.25, -0.2) is 4.79 Å². The molecule has 26 heavy (non-hydrogen) atoms. The van der Waals surface area contributed by atoms with Crippen LogP contribution in [0, 0.1) is 0 Å². The smallest absolute Gasteiger partial charge is 0.331 e. The summed E-state index contributed by atoms with van der Waals surface area (Å²) in [6, 6.07) is 12.0. The van der Waals surface area contributed by atoms with Crippen molar-refractivity contribution >= 4 is 17.8 Å².